The van der Waals surface area contributed by atoms with Crippen molar-refractivity contribution in [2.24, 2.45) is 10.2 Å². The van der Waals surface area contributed by atoms with Crippen LogP contribution >= 0.6 is 11.8 Å². The van der Waals surface area contributed by atoms with Gasteiger partial charge in [-0.05, 0) is 30.3 Å². The maximum Gasteiger partial charge on any atom is 0.331 e. The van der Waals surface area contributed by atoms with E-state index in [-0.39, 0.29) is 10.1 Å². The molecule has 1 aliphatic heterocycles. The number of amides is 1. The Hall–Kier alpha value is -2.68. The molecule has 0 spiro atoms. The van der Waals surface area contributed by atoms with Gasteiger partial charge in [-0.1, -0.05) is 6.92 Å². The van der Waals surface area contributed by atoms with E-state index in [1.165, 1.54) is 31.5 Å². The van der Waals surface area contributed by atoms with E-state index in [0.717, 1.165) is 24.3 Å². The van der Waals surface area contributed by atoms with Gasteiger partial charge < -0.3 is 9.47 Å². The first-order chi connectivity index (χ1) is 12.0. The molecule has 0 aromatic heterocycles. The zero-order valence-corrected chi connectivity index (χ0v) is 14.4. The van der Waals surface area contributed by atoms with Gasteiger partial charge in [-0.3, -0.25) is 10.1 Å². The zero-order valence-electron chi connectivity index (χ0n) is 13.6. The van der Waals surface area contributed by atoms with Crippen molar-refractivity contribution in [2.75, 3.05) is 13.7 Å². The molecule has 1 heterocycles. The minimum Gasteiger partial charge on any atom is -0.493 e. The number of ether oxygens (including phenoxy) is 2. The fourth-order valence-corrected chi connectivity index (χ4v) is 2.48. The number of amidine groups is 1. The number of hydrogen-bond donors (Lipinski definition) is 1. The second kappa shape index (κ2) is 8.97. The number of rotatable bonds is 6. The molecular weight excluding hydrogens is 349 g/mol. The summed E-state index contributed by atoms with van der Waals surface area (Å²) in [4.78, 5) is 23.0. The lowest BCUT2D eigenvalue weighted by molar-refractivity contribution is -0.135. The van der Waals surface area contributed by atoms with Gasteiger partial charge in [0.15, 0.2) is 5.17 Å². The number of thioether (sulfide) groups is 1. The van der Waals surface area contributed by atoms with Crippen LogP contribution in [0.5, 0.6) is 5.75 Å². The van der Waals surface area contributed by atoms with Crippen molar-refractivity contribution in [3.63, 3.8) is 0 Å². The van der Waals surface area contributed by atoms with Crippen LogP contribution in [-0.2, 0) is 14.3 Å². The van der Waals surface area contributed by atoms with Gasteiger partial charge in [-0.15, -0.1) is 5.10 Å². The lowest BCUT2D eigenvalue weighted by atomic mass is 10.2. The molecule has 1 aromatic carbocycles. The summed E-state index contributed by atoms with van der Waals surface area (Å²) in [5.74, 6) is -1.14. The molecule has 0 saturated carbocycles. The van der Waals surface area contributed by atoms with Crippen molar-refractivity contribution >= 4 is 35.0 Å². The lowest BCUT2D eigenvalue weighted by Crippen LogP contribution is -2.19. The van der Waals surface area contributed by atoms with E-state index >= 15 is 0 Å². The van der Waals surface area contributed by atoms with E-state index in [2.05, 4.69) is 20.3 Å². The number of methoxy groups -OCH3 is 1. The molecule has 1 N–H and O–H groups in total. The minimum atomic E-state index is -0.633. The van der Waals surface area contributed by atoms with Crippen LogP contribution in [0.1, 0.15) is 18.9 Å². The van der Waals surface area contributed by atoms with E-state index < -0.39 is 17.7 Å². The minimum absolute atomic E-state index is 0.162. The van der Waals surface area contributed by atoms with Crippen molar-refractivity contribution in [1.82, 2.24) is 5.32 Å². The van der Waals surface area contributed by atoms with Gasteiger partial charge in [-0.2, -0.15) is 5.10 Å². The van der Waals surface area contributed by atoms with E-state index in [1.54, 1.807) is 0 Å². The molecule has 1 amide bonds. The van der Waals surface area contributed by atoms with E-state index in [9.17, 15) is 14.0 Å². The Balaban J connectivity index is 2.10. The highest BCUT2D eigenvalue weighted by Gasteiger charge is 2.25. The molecule has 0 bridgehead atoms. The van der Waals surface area contributed by atoms with Crippen LogP contribution in [0.15, 0.2) is 39.4 Å². The average Bonchev–Trinajstić information content (AvgIpc) is 2.94. The lowest BCUT2D eigenvalue weighted by Gasteiger charge is -2.07. The predicted octanol–water partition coefficient (Wildman–Crippen LogP) is 2.22. The maximum absolute atomic E-state index is 13.3. The van der Waals surface area contributed by atoms with Crippen molar-refractivity contribution < 1.29 is 23.5 Å². The number of nitrogens with zero attached hydrogens (tertiary/aromatic N) is 2. The molecule has 0 atom stereocenters. The van der Waals surface area contributed by atoms with Crippen molar-refractivity contribution in [3.05, 3.63) is 40.6 Å². The third-order valence-electron chi connectivity index (χ3n) is 2.88. The van der Waals surface area contributed by atoms with Gasteiger partial charge in [-0.25, -0.2) is 9.18 Å². The van der Waals surface area contributed by atoms with Gasteiger partial charge in [0.05, 0.1) is 24.8 Å². The molecule has 2 rings (SSSR count). The number of nitrogens with one attached hydrogen (secondary N) is 1. The molecule has 0 aliphatic carbocycles. The van der Waals surface area contributed by atoms with Gasteiger partial charge in [0.2, 0.25) is 0 Å². The largest absolute Gasteiger partial charge is 0.493 e. The summed E-state index contributed by atoms with van der Waals surface area (Å²) in [5.41, 5.74) is 0.554. The number of carbonyl (C=O) groups excluding carboxylic acids is 2. The molecule has 25 heavy (non-hydrogen) atoms. The average molecular weight is 365 g/mol. The number of benzene rings is 1. The molecule has 0 unspecified atom stereocenters. The van der Waals surface area contributed by atoms with Gasteiger partial charge in [0.25, 0.3) is 5.91 Å². The molecule has 1 aliphatic rings. The fourth-order valence-electron chi connectivity index (χ4n) is 1.74. The smallest absolute Gasteiger partial charge is 0.331 e. The molecular formula is C16H16FN3O4S. The van der Waals surface area contributed by atoms with E-state index in [0.29, 0.717) is 17.9 Å². The summed E-state index contributed by atoms with van der Waals surface area (Å²) in [6, 6.07) is 4.08. The van der Waals surface area contributed by atoms with Gasteiger partial charge in [0.1, 0.15) is 11.6 Å². The number of hydrogen-bond acceptors (Lipinski definition) is 7. The summed E-state index contributed by atoms with van der Waals surface area (Å²) in [6.45, 7) is 2.39. The third-order valence-corrected chi connectivity index (χ3v) is 3.78. The standard InChI is InChI=1S/C16H16FN3O4S/c1-3-6-24-12-7-11(17)5-4-10(12)9-18-20-16-19-15(22)13(25-16)8-14(21)23-2/h4-5,7-9H,3,6H2,1-2H3,(H,19,20,22)/b13-8+,18-9?. The fraction of sp³-hybridized carbons (Fsp3) is 0.250. The molecule has 7 nitrogen and oxygen atoms in total. The first-order valence-electron chi connectivity index (χ1n) is 7.35. The maximum atomic E-state index is 13.3. The summed E-state index contributed by atoms with van der Waals surface area (Å²) in [7, 11) is 1.22. The Bertz CT molecular complexity index is 762. The second-order valence-electron chi connectivity index (χ2n) is 4.77. The highest BCUT2D eigenvalue weighted by Crippen LogP contribution is 2.23. The van der Waals surface area contributed by atoms with Crippen molar-refractivity contribution in [2.45, 2.75) is 13.3 Å². The Morgan fingerprint density at radius 3 is 2.96 bits per heavy atom. The Labute approximate surface area is 148 Å². The predicted molar refractivity (Wildman–Crippen MR) is 93.0 cm³/mol. The highest BCUT2D eigenvalue weighted by atomic mass is 32.2. The van der Waals surface area contributed by atoms with Crippen LogP contribution in [0, 0.1) is 5.82 Å². The van der Waals surface area contributed by atoms with Crippen LogP contribution in [-0.4, -0.2) is 37.0 Å². The molecule has 1 saturated heterocycles. The zero-order chi connectivity index (χ0) is 18.2. The van der Waals surface area contributed by atoms with Crippen LogP contribution < -0.4 is 10.1 Å². The van der Waals surface area contributed by atoms with E-state index in [1.807, 2.05) is 6.92 Å². The van der Waals surface area contributed by atoms with Crippen LogP contribution in [0.2, 0.25) is 0 Å². The SMILES string of the molecule is CCCOc1cc(F)ccc1C=N/N=C1/NC(=O)/C(=C\C(=O)OC)S1. The number of esters is 1. The van der Waals surface area contributed by atoms with Gasteiger partial charge in [0, 0.05) is 17.7 Å². The normalized spacial score (nSPS) is 17.3. The second-order valence-corrected chi connectivity index (χ2v) is 5.80. The third kappa shape index (κ3) is 5.42. The molecule has 9 heteroatoms. The molecule has 1 aromatic rings. The quantitative estimate of drug-likeness (QED) is 0.361. The summed E-state index contributed by atoms with van der Waals surface area (Å²) < 4.78 is 23.2. The summed E-state index contributed by atoms with van der Waals surface area (Å²) in [5, 5.41) is 10.4. The Kier molecular flexibility index (Phi) is 6.70. The molecule has 0 radical (unpaired) electrons. The topological polar surface area (TPSA) is 89.4 Å². The van der Waals surface area contributed by atoms with Crippen LogP contribution in [0.4, 0.5) is 4.39 Å². The van der Waals surface area contributed by atoms with Crippen molar-refractivity contribution in [1.29, 1.82) is 0 Å². The van der Waals surface area contributed by atoms with Crippen LogP contribution in [0.3, 0.4) is 0 Å². The number of carbonyl (C=O) groups is 2. The summed E-state index contributed by atoms with van der Waals surface area (Å²) >= 11 is 0.963. The Morgan fingerprint density at radius 1 is 1.44 bits per heavy atom. The van der Waals surface area contributed by atoms with E-state index in [4.69, 9.17) is 4.74 Å². The van der Waals surface area contributed by atoms with Crippen LogP contribution in [0.25, 0.3) is 0 Å². The molecule has 132 valence electrons. The number of halogens is 1. The Morgan fingerprint density at radius 2 is 2.24 bits per heavy atom. The summed E-state index contributed by atoms with van der Waals surface area (Å²) in [6.07, 6.45) is 3.25. The highest BCUT2D eigenvalue weighted by molar-refractivity contribution is 8.18. The first kappa shape index (κ1) is 18.7. The first-order valence-corrected chi connectivity index (χ1v) is 8.17. The van der Waals surface area contributed by atoms with Crippen molar-refractivity contribution in [3.8, 4) is 5.75 Å². The molecule has 1 fully saturated rings. The monoisotopic (exact) mass is 365 g/mol. The van der Waals surface area contributed by atoms with Gasteiger partial charge >= 0.3 is 5.97 Å².